The van der Waals surface area contributed by atoms with Crippen LogP contribution in [0, 0.1) is 0 Å². The Hall–Kier alpha value is -2.63. The molecule has 6 heteroatoms. The molecule has 138 valence electrons. The van der Waals surface area contributed by atoms with Gasteiger partial charge in [-0.15, -0.1) is 0 Å². The van der Waals surface area contributed by atoms with Gasteiger partial charge >= 0.3 is 0 Å². The summed E-state index contributed by atoms with van der Waals surface area (Å²) < 4.78 is 5.30. The van der Waals surface area contributed by atoms with Crippen molar-refractivity contribution in [1.82, 2.24) is 15.4 Å². The van der Waals surface area contributed by atoms with Crippen LogP contribution in [0.1, 0.15) is 54.7 Å². The van der Waals surface area contributed by atoms with Crippen molar-refractivity contribution in [1.29, 1.82) is 0 Å². The maximum Gasteiger partial charge on any atom is 0.228 e. The summed E-state index contributed by atoms with van der Waals surface area (Å²) in [7, 11) is 1.79. The zero-order valence-corrected chi connectivity index (χ0v) is 15.3. The van der Waals surface area contributed by atoms with Crippen molar-refractivity contribution in [3.05, 3.63) is 52.9 Å². The van der Waals surface area contributed by atoms with E-state index in [1.54, 1.807) is 11.9 Å². The Labute approximate surface area is 153 Å². The molecule has 0 unspecified atom stereocenters. The number of rotatable bonds is 8. The summed E-state index contributed by atoms with van der Waals surface area (Å²) in [6.07, 6.45) is 3.05. The van der Waals surface area contributed by atoms with Gasteiger partial charge in [-0.2, -0.15) is 0 Å². The molecule has 2 aromatic rings. The second kappa shape index (κ2) is 8.17. The summed E-state index contributed by atoms with van der Waals surface area (Å²) in [5, 5.41) is 6.85. The third-order valence-electron chi connectivity index (χ3n) is 4.57. The first kappa shape index (κ1) is 18.2. The molecule has 1 aliphatic carbocycles. The quantitative estimate of drug-likeness (QED) is 0.790. The Kier molecular flexibility index (Phi) is 5.71. The van der Waals surface area contributed by atoms with Gasteiger partial charge in [-0.1, -0.05) is 36.3 Å². The predicted octanol–water partition coefficient (Wildman–Crippen LogP) is 2.78. The van der Waals surface area contributed by atoms with Crippen LogP contribution in [0.25, 0.3) is 0 Å². The number of hydrogen-bond donors (Lipinski definition) is 1. The zero-order valence-electron chi connectivity index (χ0n) is 15.3. The molecule has 0 bridgehead atoms. The van der Waals surface area contributed by atoms with Crippen LogP contribution in [0.2, 0.25) is 0 Å². The molecule has 2 amide bonds. The van der Waals surface area contributed by atoms with Crippen LogP contribution < -0.4 is 5.32 Å². The molecule has 1 aliphatic rings. The Morgan fingerprint density at radius 1 is 1.23 bits per heavy atom. The fourth-order valence-electron chi connectivity index (χ4n) is 2.71. The highest BCUT2D eigenvalue weighted by Crippen LogP contribution is 2.40. The van der Waals surface area contributed by atoms with Crippen molar-refractivity contribution in [2.45, 2.75) is 51.6 Å². The molecule has 1 fully saturated rings. The Morgan fingerprint density at radius 2 is 1.92 bits per heavy atom. The first-order valence-electron chi connectivity index (χ1n) is 9.09. The van der Waals surface area contributed by atoms with Gasteiger partial charge in [0.25, 0.3) is 0 Å². The van der Waals surface area contributed by atoms with E-state index in [-0.39, 0.29) is 18.2 Å². The third kappa shape index (κ3) is 4.94. The number of carbonyl (C=O) groups is 2. The highest BCUT2D eigenvalue weighted by molar-refractivity contribution is 5.78. The van der Waals surface area contributed by atoms with Crippen molar-refractivity contribution in [2.75, 3.05) is 7.05 Å². The molecule has 1 N–H and O–H groups in total. The van der Waals surface area contributed by atoms with Crippen LogP contribution >= 0.6 is 0 Å². The minimum atomic E-state index is 0.0138. The van der Waals surface area contributed by atoms with E-state index < -0.39 is 0 Å². The molecule has 0 spiro atoms. The third-order valence-corrected chi connectivity index (χ3v) is 4.57. The molecular weight excluding hydrogens is 330 g/mol. The summed E-state index contributed by atoms with van der Waals surface area (Å²) in [5.74, 6) is 1.46. The SMILES string of the molecule is CCC(=O)NCc1ccc(CN(C)C(=O)Cc2cc(C3CC3)on2)cc1. The monoisotopic (exact) mass is 355 g/mol. The van der Waals surface area contributed by atoms with Gasteiger partial charge in [-0.25, -0.2) is 0 Å². The molecule has 0 radical (unpaired) electrons. The molecule has 0 atom stereocenters. The number of likely N-dealkylation sites (N-methyl/N-ethyl adjacent to an activating group) is 1. The summed E-state index contributed by atoms with van der Waals surface area (Å²) in [4.78, 5) is 25.4. The molecule has 0 aliphatic heterocycles. The second-order valence-electron chi connectivity index (χ2n) is 6.87. The average Bonchev–Trinajstić information content (AvgIpc) is 3.40. The summed E-state index contributed by atoms with van der Waals surface area (Å²) in [6, 6.07) is 9.83. The lowest BCUT2D eigenvalue weighted by atomic mass is 10.1. The second-order valence-corrected chi connectivity index (χ2v) is 6.87. The van der Waals surface area contributed by atoms with Crippen LogP contribution in [0.15, 0.2) is 34.9 Å². The molecule has 6 nitrogen and oxygen atoms in total. The van der Waals surface area contributed by atoms with Crippen LogP contribution in [0.3, 0.4) is 0 Å². The molecule has 26 heavy (non-hydrogen) atoms. The Bertz CT molecular complexity index is 763. The number of carbonyl (C=O) groups excluding carboxylic acids is 2. The van der Waals surface area contributed by atoms with Gasteiger partial charge in [0.05, 0.1) is 12.1 Å². The van der Waals surface area contributed by atoms with Crippen molar-refractivity contribution in [3.63, 3.8) is 0 Å². The molecule has 0 saturated heterocycles. The standard InChI is InChI=1S/C20H25N3O3/c1-3-19(24)21-12-14-4-6-15(7-5-14)13-23(2)20(25)11-17-10-18(26-22-17)16-8-9-16/h4-7,10,16H,3,8-9,11-13H2,1-2H3,(H,21,24). The number of hydrogen-bond acceptors (Lipinski definition) is 4. The molecule has 1 aromatic carbocycles. The van der Waals surface area contributed by atoms with Gasteiger partial charge in [-0.3, -0.25) is 9.59 Å². The van der Waals surface area contributed by atoms with Gasteiger partial charge in [0.2, 0.25) is 11.8 Å². The van der Waals surface area contributed by atoms with E-state index in [9.17, 15) is 9.59 Å². The van der Waals surface area contributed by atoms with Gasteiger partial charge in [0, 0.05) is 38.5 Å². The lowest BCUT2D eigenvalue weighted by molar-refractivity contribution is -0.129. The lowest BCUT2D eigenvalue weighted by Crippen LogP contribution is -2.27. The topological polar surface area (TPSA) is 75.4 Å². The number of benzene rings is 1. The Balaban J connectivity index is 1.49. The zero-order chi connectivity index (χ0) is 18.5. The van der Waals surface area contributed by atoms with Gasteiger partial charge in [0.1, 0.15) is 5.76 Å². The first-order chi connectivity index (χ1) is 12.5. The largest absolute Gasteiger partial charge is 0.361 e. The van der Waals surface area contributed by atoms with E-state index in [1.165, 1.54) is 0 Å². The van der Waals surface area contributed by atoms with E-state index in [0.717, 1.165) is 29.7 Å². The van der Waals surface area contributed by atoms with Crippen LogP contribution in [0.5, 0.6) is 0 Å². The van der Waals surface area contributed by atoms with Gasteiger partial charge < -0.3 is 14.7 Å². The Morgan fingerprint density at radius 3 is 2.58 bits per heavy atom. The maximum atomic E-state index is 12.4. The lowest BCUT2D eigenvalue weighted by Gasteiger charge is -2.17. The van der Waals surface area contributed by atoms with Crippen LogP contribution in [-0.4, -0.2) is 28.9 Å². The predicted molar refractivity (Wildman–Crippen MR) is 97.2 cm³/mol. The van der Waals surface area contributed by atoms with Crippen LogP contribution in [-0.2, 0) is 29.1 Å². The highest BCUT2D eigenvalue weighted by atomic mass is 16.5. The van der Waals surface area contributed by atoms with E-state index in [0.29, 0.717) is 31.1 Å². The summed E-state index contributed by atoms with van der Waals surface area (Å²) in [5.41, 5.74) is 2.79. The molecule has 3 rings (SSSR count). The van der Waals surface area contributed by atoms with E-state index >= 15 is 0 Å². The first-order valence-corrected chi connectivity index (χ1v) is 9.09. The molecule has 1 aromatic heterocycles. The fourth-order valence-corrected chi connectivity index (χ4v) is 2.71. The van der Waals surface area contributed by atoms with E-state index in [1.807, 2.05) is 37.3 Å². The van der Waals surface area contributed by atoms with Crippen LogP contribution in [0.4, 0.5) is 0 Å². The van der Waals surface area contributed by atoms with Crippen molar-refractivity contribution < 1.29 is 14.1 Å². The summed E-state index contributed by atoms with van der Waals surface area (Å²) >= 11 is 0. The average molecular weight is 355 g/mol. The highest BCUT2D eigenvalue weighted by Gasteiger charge is 2.28. The normalized spacial score (nSPS) is 13.5. The van der Waals surface area contributed by atoms with Crippen molar-refractivity contribution in [2.24, 2.45) is 0 Å². The molecule has 1 saturated carbocycles. The molecule has 1 heterocycles. The van der Waals surface area contributed by atoms with Gasteiger partial charge in [-0.05, 0) is 24.0 Å². The molecular formula is C20H25N3O3. The van der Waals surface area contributed by atoms with E-state index in [4.69, 9.17) is 4.52 Å². The maximum absolute atomic E-state index is 12.4. The number of nitrogens with one attached hydrogen (secondary N) is 1. The smallest absolute Gasteiger partial charge is 0.228 e. The van der Waals surface area contributed by atoms with Crippen molar-refractivity contribution >= 4 is 11.8 Å². The fraction of sp³-hybridized carbons (Fsp3) is 0.450. The summed E-state index contributed by atoms with van der Waals surface area (Å²) in [6.45, 7) is 2.89. The number of amides is 2. The van der Waals surface area contributed by atoms with E-state index in [2.05, 4.69) is 10.5 Å². The minimum Gasteiger partial charge on any atom is -0.361 e. The number of nitrogens with zero attached hydrogens (tertiary/aromatic N) is 2. The minimum absolute atomic E-state index is 0.0138. The van der Waals surface area contributed by atoms with Crippen molar-refractivity contribution in [3.8, 4) is 0 Å². The van der Waals surface area contributed by atoms with Gasteiger partial charge in [0.15, 0.2) is 0 Å². The number of aromatic nitrogens is 1.